The average molecular weight is 258 g/mol. The summed E-state index contributed by atoms with van der Waals surface area (Å²) in [5.41, 5.74) is 2.79. The maximum atomic E-state index is 10.6. The second-order valence-electron chi connectivity index (χ2n) is 3.87. The van der Waals surface area contributed by atoms with E-state index in [1.165, 1.54) is 13.0 Å². The number of aromatic nitrogens is 2. The van der Waals surface area contributed by atoms with Gasteiger partial charge in [-0.05, 0) is 25.5 Å². The second kappa shape index (κ2) is 6.31. The molecule has 2 rings (SSSR count). The predicted molar refractivity (Wildman–Crippen MR) is 71.0 cm³/mol. The number of nitro benzene ring substituents is 1. The highest BCUT2D eigenvalue weighted by Gasteiger charge is 2.09. The Morgan fingerprint density at radius 3 is 2.47 bits per heavy atom. The average Bonchev–Trinajstić information content (AvgIpc) is 2.76. The van der Waals surface area contributed by atoms with Gasteiger partial charge in [-0.3, -0.25) is 10.1 Å². The third-order valence-electron chi connectivity index (χ3n) is 2.38. The molecule has 0 aliphatic carbocycles. The Morgan fingerprint density at radius 2 is 2.05 bits per heavy atom. The standard InChI is InChI=1S/C11H11N3O2.C2H3N/c1-8-5-10(14(15)16)3-4-11(8)13-6-9(2)12-7-13;1-2-3/h3-7H,1-2H3;1H3. The molecule has 0 spiro atoms. The lowest BCUT2D eigenvalue weighted by Crippen LogP contribution is -1.95. The van der Waals surface area contributed by atoms with E-state index in [-0.39, 0.29) is 5.69 Å². The summed E-state index contributed by atoms with van der Waals surface area (Å²) in [5.74, 6) is 0. The number of benzene rings is 1. The third kappa shape index (κ3) is 3.64. The number of nitrogens with zero attached hydrogens (tertiary/aromatic N) is 4. The number of hydrogen-bond acceptors (Lipinski definition) is 4. The van der Waals surface area contributed by atoms with Crippen molar-refractivity contribution in [1.29, 1.82) is 5.26 Å². The highest BCUT2D eigenvalue weighted by Crippen LogP contribution is 2.20. The van der Waals surface area contributed by atoms with E-state index < -0.39 is 4.92 Å². The first kappa shape index (κ1) is 14.4. The summed E-state index contributed by atoms with van der Waals surface area (Å²) in [4.78, 5) is 14.3. The largest absolute Gasteiger partial charge is 0.306 e. The van der Waals surface area contributed by atoms with Crippen LogP contribution in [0.2, 0.25) is 0 Å². The minimum Gasteiger partial charge on any atom is -0.306 e. The number of non-ortho nitro benzene ring substituents is 1. The van der Waals surface area contributed by atoms with Crippen molar-refractivity contribution in [2.24, 2.45) is 0 Å². The first-order valence-electron chi connectivity index (χ1n) is 5.56. The fraction of sp³-hybridized carbons (Fsp3) is 0.231. The monoisotopic (exact) mass is 258 g/mol. The molecule has 0 saturated heterocycles. The minimum absolute atomic E-state index is 0.109. The van der Waals surface area contributed by atoms with Crippen LogP contribution in [0.25, 0.3) is 5.69 Å². The summed E-state index contributed by atoms with van der Waals surface area (Å²) in [6.45, 7) is 5.18. The summed E-state index contributed by atoms with van der Waals surface area (Å²) in [6.07, 6.45) is 3.58. The summed E-state index contributed by atoms with van der Waals surface area (Å²) < 4.78 is 1.86. The van der Waals surface area contributed by atoms with Crippen molar-refractivity contribution in [3.05, 3.63) is 52.1 Å². The maximum Gasteiger partial charge on any atom is 0.269 e. The van der Waals surface area contributed by atoms with Crippen molar-refractivity contribution in [3.63, 3.8) is 0 Å². The zero-order chi connectivity index (χ0) is 14.4. The van der Waals surface area contributed by atoms with Gasteiger partial charge in [0.25, 0.3) is 5.69 Å². The highest BCUT2D eigenvalue weighted by atomic mass is 16.6. The van der Waals surface area contributed by atoms with Crippen molar-refractivity contribution < 1.29 is 4.92 Å². The molecule has 19 heavy (non-hydrogen) atoms. The summed E-state index contributed by atoms with van der Waals surface area (Å²) in [7, 11) is 0. The molecule has 0 atom stereocenters. The lowest BCUT2D eigenvalue weighted by atomic mass is 10.2. The van der Waals surface area contributed by atoms with E-state index in [1.54, 1.807) is 24.5 Å². The van der Waals surface area contributed by atoms with Gasteiger partial charge in [-0.25, -0.2) is 4.98 Å². The molecule has 0 fully saturated rings. The number of hydrogen-bond donors (Lipinski definition) is 0. The van der Waals surface area contributed by atoms with Gasteiger partial charge in [0.15, 0.2) is 0 Å². The second-order valence-corrected chi connectivity index (χ2v) is 3.87. The number of nitro groups is 1. The van der Waals surface area contributed by atoms with E-state index in [2.05, 4.69) is 4.98 Å². The van der Waals surface area contributed by atoms with Gasteiger partial charge in [0.05, 0.1) is 23.0 Å². The van der Waals surface area contributed by atoms with E-state index in [0.717, 1.165) is 16.9 Å². The SMILES string of the molecule is CC#N.Cc1cn(-c2ccc([N+](=O)[O-])cc2C)cn1. The van der Waals surface area contributed by atoms with Crippen LogP contribution in [-0.2, 0) is 0 Å². The van der Waals surface area contributed by atoms with Crippen LogP contribution in [-0.4, -0.2) is 14.5 Å². The first-order valence-corrected chi connectivity index (χ1v) is 5.56. The summed E-state index contributed by atoms with van der Waals surface area (Å²) in [5, 5.41) is 17.9. The maximum absolute atomic E-state index is 10.6. The van der Waals surface area contributed by atoms with Crippen molar-refractivity contribution in [2.75, 3.05) is 0 Å². The van der Waals surface area contributed by atoms with E-state index in [4.69, 9.17) is 5.26 Å². The van der Waals surface area contributed by atoms with Crippen LogP contribution >= 0.6 is 0 Å². The highest BCUT2D eigenvalue weighted by molar-refractivity contribution is 5.47. The number of rotatable bonds is 2. The minimum atomic E-state index is -0.393. The molecule has 0 aliphatic heterocycles. The number of imidazole rings is 1. The van der Waals surface area contributed by atoms with Gasteiger partial charge in [0, 0.05) is 30.9 Å². The Hall–Kier alpha value is -2.68. The molecule has 0 saturated carbocycles. The normalized spacial score (nSPS) is 9.16. The van der Waals surface area contributed by atoms with Crippen LogP contribution in [0.4, 0.5) is 5.69 Å². The molecule has 0 amide bonds. The lowest BCUT2D eigenvalue weighted by molar-refractivity contribution is -0.384. The fourth-order valence-corrected chi connectivity index (χ4v) is 1.60. The molecule has 1 aromatic carbocycles. The molecule has 6 heteroatoms. The molecular weight excluding hydrogens is 244 g/mol. The van der Waals surface area contributed by atoms with Gasteiger partial charge >= 0.3 is 0 Å². The van der Waals surface area contributed by atoms with Gasteiger partial charge in [0.2, 0.25) is 0 Å². The summed E-state index contributed by atoms with van der Waals surface area (Å²) in [6, 6.07) is 6.54. The zero-order valence-electron chi connectivity index (χ0n) is 11.0. The molecule has 6 nitrogen and oxygen atoms in total. The number of nitriles is 1. The van der Waals surface area contributed by atoms with Crippen molar-refractivity contribution in [1.82, 2.24) is 9.55 Å². The fourth-order valence-electron chi connectivity index (χ4n) is 1.60. The Bertz CT molecular complexity index is 626. The zero-order valence-corrected chi connectivity index (χ0v) is 11.0. The van der Waals surface area contributed by atoms with Crippen molar-refractivity contribution >= 4 is 5.69 Å². The Balaban J connectivity index is 0.000000550. The van der Waals surface area contributed by atoms with Crippen LogP contribution in [0.1, 0.15) is 18.2 Å². The van der Waals surface area contributed by atoms with Crippen LogP contribution < -0.4 is 0 Å². The van der Waals surface area contributed by atoms with Crippen LogP contribution in [0.3, 0.4) is 0 Å². The summed E-state index contributed by atoms with van der Waals surface area (Å²) >= 11 is 0. The van der Waals surface area contributed by atoms with E-state index in [9.17, 15) is 10.1 Å². The molecule has 2 aromatic rings. The van der Waals surface area contributed by atoms with Crippen molar-refractivity contribution in [2.45, 2.75) is 20.8 Å². The van der Waals surface area contributed by atoms with Gasteiger partial charge < -0.3 is 4.57 Å². The van der Waals surface area contributed by atoms with E-state index >= 15 is 0 Å². The molecule has 1 aromatic heterocycles. The Kier molecular flexibility index (Phi) is 4.77. The number of aryl methyl sites for hydroxylation is 2. The molecular formula is C13H14N4O2. The van der Waals surface area contributed by atoms with Crippen LogP contribution in [0.15, 0.2) is 30.7 Å². The van der Waals surface area contributed by atoms with Crippen LogP contribution in [0, 0.1) is 35.3 Å². The molecule has 98 valence electrons. The van der Waals surface area contributed by atoms with Gasteiger partial charge in [-0.15, -0.1) is 0 Å². The first-order chi connectivity index (χ1) is 8.99. The Morgan fingerprint density at radius 1 is 1.42 bits per heavy atom. The molecule has 0 bridgehead atoms. The van der Waals surface area contributed by atoms with E-state index in [0.29, 0.717) is 0 Å². The van der Waals surface area contributed by atoms with E-state index in [1.807, 2.05) is 24.6 Å². The molecule has 0 aliphatic rings. The van der Waals surface area contributed by atoms with Crippen LogP contribution in [0.5, 0.6) is 0 Å². The quantitative estimate of drug-likeness (QED) is 0.612. The van der Waals surface area contributed by atoms with Gasteiger partial charge in [-0.1, -0.05) is 0 Å². The molecule has 0 N–H and O–H groups in total. The predicted octanol–water partition coefficient (Wildman–Crippen LogP) is 2.93. The molecule has 0 unspecified atom stereocenters. The topological polar surface area (TPSA) is 84.8 Å². The van der Waals surface area contributed by atoms with Gasteiger partial charge in [-0.2, -0.15) is 5.26 Å². The molecule has 1 heterocycles. The smallest absolute Gasteiger partial charge is 0.269 e. The lowest BCUT2D eigenvalue weighted by Gasteiger charge is -2.05. The third-order valence-corrected chi connectivity index (χ3v) is 2.38. The van der Waals surface area contributed by atoms with Crippen molar-refractivity contribution in [3.8, 4) is 11.8 Å². The molecule has 0 radical (unpaired) electrons. The van der Waals surface area contributed by atoms with Gasteiger partial charge in [0.1, 0.15) is 0 Å². The Labute approximate surface area is 111 Å².